The van der Waals surface area contributed by atoms with Gasteiger partial charge in [-0.2, -0.15) is 4.31 Å². The molecule has 0 radical (unpaired) electrons. The highest BCUT2D eigenvalue weighted by Crippen LogP contribution is 2.09. The fourth-order valence-electron chi connectivity index (χ4n) is 2.36. The lowest BCUT2D eigenvalue weighted by atomic mass is 10.1. The number of rotatable bonds is 3. The van der Waals surface area contributed by atoms with Crippen LogP contribution < -0.4 is 5.32 Å². The summed E-state index contributed by atoms with van der Waals surface area (Å²) in [7, 11) is -3.14. The molecule has 2 saturated heterocycles. The largest absolute Gasteiger partial charge is 0.378 e. The molecule has 19 heavy (non-hydrogen) atoms. The fourth-order valence-corrected chi connectivity index (χ4v) is 3.19. The molecular formula is C11H21N3O4S. The summed E-state index contributed by atoms with van der Waals surface area (Å²) in [5, 5.41) is 3.24. The van der Waals surface area contributed by atoms with Gasteiger partial charge < -0.3 is 15.0 Å². The van der Waals surface area contributed by atoms with Crippen molar-refractivity contribution >= 4 is 15.9 Å². The number of nitrogens with zero attached hydrogens (tertiary/aromatic N) is 2. The first-order valence-corrected chi connectivity index (χ1v) is 8.35. The summed E-state index contributed by atoms with van der Waals surface area (Å²) >= 11 is 0. The molecule has 1 unspecified atom stereocenters. The number of amides is 1. The summed E-state index contributed by atoms with van der Waals surface area (Å²) in [5.74, 6) is 0.0659. The third kappa shape index (κ3) is 4.13. The van der Waals surface area contributed by atoms with Crippen molar-refractivity contribution < 1.29 is 17.9 Å². The molecule has 0 aliphatic carbocycles. The van der Waals surface area contributed by atoms with Gasteiger partial charge in [0.25, 0.3) is 0 Å². The number of piperazine rings is 1. The van der Waals surface area contributed by atoms with Crippen molar-refractivity contribution in [1.29, 1.82) is 0 Å². The van der Waals surface area contributed by atoms with Crippen LogP contribution in [0.15, 0.2) is 0 Å². The standard InChI is InChI=1S/C11H21N3O4S/c1-19(16,17)14-5-3-13(4-6-14)11(15)8-10-9-18-7-2-12-10/h10,12H,2-9H2,1H3. The van der Waals surface area contributed by atoms with Crippen LogP contribution in [0.2, 0.25) is 0 Å². The van der Waals surface area contributed by atoms with E-state index in [9.17, 15) is 13.2 Å². The zero-order valence-electron chi connectivity index (χ0n) is 11.2. The summed E-state index contributed by atoms with van der Waals surface area (Å²) in [6, 6.07) is 0.0780. The van der Waals surface area contributed by atoms with Gasteiger partial charge in [-0.05, 0) is 0 Å². The van der Waals surface area contributed by atoms with Gasteiger partial charge >= 0.3 is 0 Å². The molecule has 2 heterocycles. The molecule has 0 aromatic heterocycles. The van der Waals surface area contributed by atoms with Gasteiger partial charge in [0.15, 0.2) is 0 Å². The van der Waals surface area contributed by atoms with Crippen LogP contribution in [-0.4, -0.2) is 81.8 Å². The summed E-state index contributed by atoms with van der Waals surface area (Å²) < 4.78 is 29.5. The average Bonchev–Trinajstić information content (AvgIpc) is 2.39. The molecule has 110 valence electrons. The van der Waals surface area contributed by atoms with Crippen molar-refractivity contribution in [3.63, 3.8) is 0 Å². The molecule has 2 fully saturated rings. The Balaban J connectivity index is 1.79. The highest BCUT2D eigenvalue weighted by atomic mass is 32.2. The molecule has 0 bridgehead atoms. The van der Waals surface area contributed by atoms with Crippen LogP contribution in [0.1, 0.15) is 6.42 Å². The minimum atomic E-state index is -3.14. The van der Waals surface area contributed by atoms with Crippen molar-refractivity contribution in [2.24, 2.45) is 0 Å². The summed E-state index contributed by atoms with van der Waals surface area (Å²) in [6.45, 7) is 3.75. The van der Waals surface area contributed by atoms with Gasteiger partial charge in [-0.25, -0.2) is 8.42 Å². The molecule has 2 aliphatic heterocycles. The maximum Gasteiger partial charge on any atom is 0.224 e. The van der Waals surface area contributed by atoms with Crippen molar-refractivity contribution in [2.45, 2.75) is 12.5 Å². The first kappa shape index (κ1) is 14.7. The molecule has 1 N–H and O–H groups in total. The topological polar surface area (TPSA) is 79.0 Å². The van der Waals surface area contributed by atoms with E-state index >= 15 is 0 Å². The van der Waals surface area contributed by atoms with Crippen LogP contribution in [0.4, 0.5) is 0 Å². The third-order valence-electron chi connectivity index (χ3n) is 3.48. The van der Waals surface area contributed by atoms with Gasteiger partial charge in [-0.15, -0.1) is 0 Å². The Labute approximate surface area is 113 Å². The van der Waals surface area contributed by atoms with Gasteiger partial charge in [0, 0.05) is 45.2 Å². The van der Waals surface area contributed by atoms with Gasteiger partial charge in [-0.1, -0.05) is 0 Å². The van der Waals surface area contributed by atoms with E-state index in [1.54, 1.807) is 4.90 Å². The summed E-state index contributed by atoms with van der Waals surface area (Å²) in [5.41, 5.74) is 0. The van der Waals surface area contributed by atoms with Crippen molar-refractivity contribution in [2.75, 3.05) is 52.2 Å². The van der Waals surface area contributed by atoms with Crippen molar-refractivity contribution in [1.82, 2.24) is 14.5 Å². The van der Waals surface area contributed by atoms with E-state index in [-0.39, 0.29) is 11.9 Å². The minimum absolute atomic E-state index is 0.0659. The predicted octanol–water partition coefficient (Wildman–Crippen LogP) is -1.53. The second-order valence-electron chi connectivity index (χ2n) is 4.97. The normalized spacial score (nSPS) is 26.4. The zero-order valence-corrected chi connectivity index (χ0v) is 12.0. The highest BCUT2D eigenvalue weighted by molar-refractivity contribution is 7.88. The molecule has 1 atom stereocenters. The Bertz CT molecular complexity index is 412. The van der Waals surface area contributed by atoms with E-state index in [1.807, 2.05) is 0 Å². The number of morpholine rings is 1. The van der Waals surface area contributed by atoms with E-state index in [1.165, 1.54) is 10.6 Å². The third-order valence-corrected chi connectivity index (χ3v) is 4.78. The second kappa shape index (κ2) is 6.17. The van der Waals surface area contributed by atoms with Gasteiger partial charge in [0.1, 0.15) is 0 Å². The number of sulfonamides is 1. The maximum atomic E-state index is 12.1. The number of nitrogens with one attached hydrogen (secondary N) is 1. The van der Waals surface area contributed by atoms with E-state index in [0.29, 0.717) is 45.8 Å². The summed E-state index contributed by atoms with van der Waals surface area (Å²) in [4.78, 5) is 13.8. The number of ether oxygens (including phenoxy) is 1. The number of hydrogen-bond donors (Lipinski definition) is 1. The molecule has 0 saturated carbocycles. The van der Waals surface area contributed by atoms with E-state index in [2.05, 4.69) is 5.32 Å². The van der Waals surface area contributed by atoms with Crippen LogP contribution in [0, 0.1) is 0 Å². The number of carbonyl (C=O) groups excluding carboxylic acids is 1. The first-order chi connectivity index (χ1) is 8.97. The van der Waals surface area contributed by atoms with Crippen LogP contribution in [0.5, 0.6) is 0 Å². The lowest BCUT2D eigenvalue weighted by Crippen LogP contribution is -2.52. The molecule has 7 nitrogen and oxygen atoms in total. The molecule has 0 aromatic rings. The molecule has 8 heteroatoms. The van der Waals surface area contributed by atoms with Crippen LogP contribution >= 0.6 is 0 Å². The SMILES string of the molecule is CS(=O)(=O)N1CCN(C(=O)CC2COCCN2)CC1. The summed E-state index contributed by atoms with van der Waals surface area (Å²) in [6.07, 6.45) is 1.62. The Hall–Kier alpha value is -0.700. The number of hydrogen-bond acceptors (Lipinski definition) is 5. The monoisotopic (exact) mass is 291 g/mol. The Morgan fingerprint density at radius 3 is 2.53 bits per heavy atom. The highest BCUT2D eigenvalue weighted by Gasteiger charge is 2.27. The minimum Gasteiger partial charge on any atom is -0.378 e. The van der Waals surface area contributed by atoms with Gasteiger partial charge in [0.2, 0.25) is 15.9 Å². The molecule has 0 spiro atoms. The molecule has 0 aromatic carbocycles. The Morgan fingerprint density at radius 2 is 2.00 bits per heavy atom. The van der Waals surface area contributed by atoms with E-state index < -0.39 is 10.0 Å². The van der Waals surface area contributed by atoms with Crippen LogP contribution in [0.25, 0.3) is 0 Å². The molecule has 2 aliphatic rings. The first-order valence-electron chi connectivity index (χ1n) is 6.51. The average molecular weight is 291 g/mol. The van der Waals surface area contributed by atoms with Crippen LogP contribution in [0.3, 0.4) is 0 Å². The van der Waals surface area contributed by atoms with E-state index in [0.717, 1.165) is 6.54 Å². The lowest BCUT2D eigenvalue weighted by Gasteiger charge is -2.34. The van der Waals surface area contributed by atoms with Crippen molar-refractivity contribution in [3.8, 4) is 0 Å². The van der Waals surface area contributed by atoms with Crippen molar-refractivity contribution in [3.05, 3.63) is 0 Å². The lowest BCUT2D eigenvalue weighted by molar-refractivity contribution is -0.133. The zero-order chi connectivity index (χ0) is 13.9. The fraction of sp³-hybridized carbons (Fsp3) is 0.909. The Morgan fingerprint density at radius 1 is 1.32 bits per heavy atom. The maximum absolute atomic E-state index is 12.1. The molecular weight excluding hydrogens is 270 g/mol. The predicted molar refractivity (Wildman–Crippen MR) is 70.2 cm³/mol. The Kier molecular flexibility index (Phi) is 4.77. The smallest absolute Gasteiger partial charge is 0.224 e. The second-order valence-corrected chi connectivity index (χ2v) is 6.96. The van der Waals surface area contributed by atoms with E-state index in [4.69, 9.17) is 4.74 Å². The van der Waals surface area contributed by atoms with Gasteiger partial charge in [0.05, 0.1) is 19.5 Å². The van der Waals surface area contributed by atoms with Gasteiger partial charge in [-0.3, -0.25) is 4.79 Å². The van der Waals surface area contributed by atoms with Crippen LogP contribution in [-0.2, 0) is 19.6 Å². The number of carbonyl (C=O) groups is 1. The molecule has 2 rings (SSSR count). The molecule has 1 amide bonds. The quantitative estimate of drug-likeness (QED) is 0.682.